The lowest BCUT2D eigenvalue weighted by molar-refractivity contribution is -0.122. The molecule has 0 saturated heterocycles. The van der Waals surface area contributed by atoms with Crippen LogP contribution in [0, 0.1) is 5.92 Å². The van der Waals surface area contributed by atoms with Gasteiger partial charge in [-0.2, -0.15) is 5.10 Å². The highest BCUT2D eigenvalue weighted by Gasteiger charge is 2.24. The van der Waals surface area contributed by atoms with Crippen molar-refractivity contribution in [1.29, 1.82) is 0 Å². The number of Topliss-reactive ketones (excluding diaryl/α,β-unsaturated/α-hetero) is 1. The molecule has 0 spiro atoms. The third-order valence-electron chi connectivity index (χ3n) is 3.28. The zero-order valence-electron chi connectivity index (χ0n) is 10.0. The van der Waals surface area contributed by atoms with E-state index in [0.717, 1.165) is 18.7 Å². The molecule has 88 valence electrons. The number of carbonyl (C=O) groups excluding carboxylic acids is 1. The lowest BCUT2D eigenvalue weighted by Gasteiger charge is -2.11. The zero-order valence-corrected chi connectivity index (χ0v) is 10.0. The van der Waals surface area contributed by atoms with Crippen molar-refractivity contribution in [2.45, 2.75) is 52.0 Å². The first-order valence-corrected chi connectivity index (χ1v) is 6.09. The van der Waals surface area contributed by atoms with E-state index in [4.69, 9.17) is 0 Å². The molecule has 1 aliphatic rings. The third-order valence-corrected chi connectivity index (χ3v) is 3.28. The van der Waals surface area contributed by atoms with Crippen molar-refractivity contribution < 1.29 is 4.79 Å². The minimum Gasteiger partial charge on any atom is -0.299 e. The number of ketones is 1. The summed E-state index contributed by atoms with van der Waals surface area (Å²) in [7, 11) is 0. The number of hydrogen-bond acceptors (Lipinski definition) is 3. The van der Waals surface area contributed by atoms with Gasteiger partial charge in [0.2, 0.25) is 0 Å². The van der Waals surface area contributed by atoms with Gasteiger partial charge in [-0.1, -0.05) is 12.8 Å². The highest BCUT2D eigenvalue weighted by atomic mass is 16.1. The Balaban J connectivity index is 2.02. The first kappa shape index (κ1) is 11.3. The van der Waals surface area contributed by atoms with Gasteiger partial charge in [0.25, 0.3) is 0 Å². The summed E-state index contributed by atoms with van der Waals surface area (Å²) in [6, 6.07) is 0.272. The van der Waals surface area contributed by atoms with Gasteiger partial charge in [0.1, 0.15) is 17.9 Å². The summed E-state index contributed by atoms with van der Waals surface area (Å²) in [4.78, 5) is 16.2. The average molecular weight is 221 g/mol. The van der Waals surface area contributed by atoms with E-state index in [9.17, 15) is 4.79 Å². The molecule has 2 rings (SSSR count). The SMILES string of the molecule is CC(C)n1ncnc1CC(=O)C1CCCC1. The van der Waals surface area contributed by atoms with Gasteiger partial charge in [0.15, 0.2) is 0 Å². The topological polar surface area (TPSA) is 47.8 Å². The maximum Gasteiger partial charge on any atom is 0.143 e. The highest BCUT2D eigenvalue weighted by Crippen LogP contribution is 2.26. The van der Waals surface area contributed by atoms with Crippen LogP contribution in [0.3, 0.4) is 0 Å². The first-order valence-electron chi connectivity index (χ1n) is 6.09. The van der Waals surface area contributed by atoms with Crippen LogP contribution in [0.15, 0.2) is 6.33 Å². The molecular formula is C12H19N3O. The van der Waals surface area contributed by atoms with E-state index < -0.39 is 0 Å². The van der Waals surface area contributed by atoms with E-state index in [1.54, 1.807) is 0 Å². The van der Waals surface area contributed by atoms with E-state index >= 15 is 0 Å². The van der Waals surface area contributed by atoms with Crippen LogP contribution in [0.25, 0.3) is 0 Å². The molecule has 1 heterocycles. The van der Waals surface area contributed by atoms with Crippen molar-refractivity contribution in [3.8, 4) is 0 Å². The monoisotopic (exact) mass is 221 g/mol. The summed E-state index contributed by atoms with van der Waals surface area (Å²) >= 11 is 0. The Bertz CT molecular complexity index is 364. The molecule has 1 aromatic heterocycles. The fraction of sp³-hybridized carbons (Fsp3) is 0.750. The van der Waals surface area contributed by atoms with Crippen molar-refractivity contribution in [3.63, 3.8) is 0 Å². The second-order valence-corrected chi connectivity index (χ2v) is 4.84. The lowest BCUT2D eigenvalue weighted by Crippen LogP contribution is -2.18. The lowest BCUT2D eigenvalue weighted by atomic mass is 10.00. The molecule has 1 aromatic rings. The fourth-order valence-corrected chi connectivity index (χ4v) is 2.38. The number of hydrogen-bond donors (Lipinski definition) is 0. The van der Waals surface area contributed by atoms with Gasteiger partial charge in [0, 0.05) is 12.0 Å². The predicted octanol–water partition coefficient (Wildman–Crippen LogP) is 2.16. The van der Waals surface area contributed by atoms with Crippen molar-refractivity contribution in [2.24, 2.45) is 5.92 Å². The molecule has 0 amide bonds. The molecule has 4 nitrogen and oxygen atoms in total. The molecule has 4 heteroatoms. The number of nitrogens with zero attached hydrogens (tertiary/aromatic N) is 3. The van der Waals surface area contributed by atoms with Gasteiger partial charge in [-0.15, -0.1) is 0 Å². The second kappa shape index (κ2) is 4.76. The van der Waals surface area contributed by atoms with Crippen LogP contribution in [0.2, 0.25) is 0 Å². The van der Waals surface area contributed by atoms with Crippen LogP contribution in [0.4, 0.5) is 0 Å². The van der Waals surface area contributed by atoms with Crippen LogP contribution in [-0.2, 0) is 11.2 Å². The van der Waals surface area contributed by atoms with Crippen LogP contribution >= 0.6 is 0 Å². The molecule has 0 radical (unpaired) electrons. The molecule has 1 saturated carbocycles. The maximum atomic E-state index is 12.0. The smallest absolute Gasteiger partial charge is 0.143 e. The Kier molecular flexibility index (Phi) is 3.36. The summed E-state index contributed by atoms with van der Waals surface area (Å²) in [6.45, 7) is 4.11. The molecule has 0 atom stereocenters. The Labute approximate surface area is 96.1 Å². The molecule has 1 fully saturated rings. The standard InChI is InChI=1S/C12H19N3O/c1-9(2)15-12(13-8-14-15)7-11(16)10-5-3-4-6-10/h8-10H,3-7H2,1-2H3. The van der Waals surface area contributed by atoms with Crippen LogP contribution < -0.4 is 0 Å². The van der Waals surface area contributed by atoms with Crippen LogP contribution in [0.1, 0.15) is 51.4 Å². The summed E-state index contributed by atoms with van der Waals surface area (Å²) < 4.78 is 1.84. The fourth-order valence-electron chi connectivity index (χ4n) is 2.38. The van der Waals surface area contributed by atoms with E-state index in [1.807, 2.05) is 4.68 Å². The summed E-state index contributed by atoms with van der Waals surface area (Å²) in [5.74, 6) is 1.43. The average Bonchev–Trinajstić information content (AvgIpc) is 2.86. The van der Waals surface area contributed by atoms with Crippen LogP contribution in [-0.4, -0.2) is 20.5 Å². The summed E-state index contributed by atoms with van der Waals surface area (Å²) in [5, 5.41) is 4.15. The Morgan fingerprint density at radius 2 is 2.19 bits per heavy atom. The summed E-state index contributed by atoms with van der Waals surface area (Å²) in [6.07, 6.45) is 6.52. The third kappa shape index (κ3) is 2.31. The van der Waals surface area contributed by atoms with Gasteiger partial charge >= 0.3 is 0 Å². The molecule has 0 aliphatic heterocycles. The van der Waals surface area contributed by atoms with Crippen molar-refractivity contribution in [1.82, 2.24) is 14.8 Å². The van der Waals surface area contributed by atoms with Gasteiger partial charge in [-0.05, 0) is 26.7 Å². The van der Waals surface area contributed by atoms with Gasteiger partial charge in [-0.3, -0.25) is 4.79 Å². The van der Waals surface area contributed by atoms with Gasteiger partial charge in [-0.25, -0.2) is 9.67 Å². The number of aromatic nitrogens is 3. The number of rotatable bonds is 4. The molecule has 0 N–H and O–H groups in total. The van der Waals surface area contributed by atoms with E-state index in [-0.39, 0.29) is 12.0 Å². The zero-order chi connectivity index (χ0) is 11.5. The van der Waals surface area contributed by atoms with Gasteiger partial charge in [0.05, 0.1) is 6.42 Å². The molecule has 0 bridgehead atoms. The molecule has 16 heavy (non-hydrogen) atoms. The van der Waals surface area contributed by atoms with Crippen molar-refractivity contribution in [2.75, 3.05) is 0 Å². The molecule has 0 unspecified atom stereocenters. The van der Waals surface area contributed by atoms with E-state index in [1.165, 1.54) is 19.2 Å². The molecule has 0 aromatic carbocycles. The quantitative estimate of drug-likeness (QED) is 0.782. The minimum atomic E-state index is 0.272. The normalized spacial score (nSPS) is 17.2. The number of carbonyl (C=O) groups is 1. The molecule has 1 aliphatic carbocycles. The maximum absolute atomic E-state index is 12.0. The predicted molar refractivity (Wildman–Crippen MR) is 61.1 cm³/mol. The Morgan fingerprint density at radius 1 is 1.50 bits per heavy atom. The van der Waals surface area contributed by atoms with E-state index in [0.29, 0.717) is 12.2 Å². The summed E-state index contributed by atoms with van der Waals surface area (Å²) in [5.41, 5.74) is 0. The second-order valence-electron chi connectivity index (χ2n) is 4.84. The van der Waals surface area contributed by atoms with Crippen molar-refractivity contribution in [3.05, 3.63) is 12.2 Å². The minimum absolute atomic E-state index is 0.272. The Hall–Kier alpha value is -1.19. The van der Waals surface area contributed by atoms with Crippen molar-refractivity contribution >= 4 is 5.78 Å². The highest BCUT2D eigenvalue weighted by molar-refractivity contribution is 5.82. The van der Waals surface area contributed by atoms with E-state index in [2.05, 4.69) is 23.9 Å². The van der Waals surface area contributed by atoms with Gasteiger partial charge < -0.3 is 0 Å². The largest absolute Gasteiger partial charge is 0.299 e. The first-order chi connectivity index (χ1) is 7.68. The van der Waals surface area contributed by atoms with Crippen LogP contribution in [0.5, 0.6) is 0 Å². The molecular weight excluding hydrogens is 202 g/mol. The Morgan fingerprint density at radius 3 is 2.81 bits per heavy atom.